The summed E-state index contributed by atoms with van der Waals surface area (Å²) < 4.78 is 37.8. The molecule has 0 aliphatic carbocycles. The summed E-state index contributed by atoms with van der Waals surface area (Å²) in [6.07, 6.45) is -3.84. The molecule has 0 unspecified atom stereocenters. The lowest BCUT2D eigenvalue weighted by atomic mass is 9.80. The van der Waals surface area contributed by atoms with Crippen molar-refractivity contribution in [2.75, 3.05) is 17.2 Å². The number of likely N-dealkylation sites (tertiary alicyclic amines) is 1. The number of amides is 3. The third-order valence-corrected chi connectivity index (χ3v) is 5.40. The summed E-state index contributed by atoms with van der Waals surface area (Å²) in [5.41, 5.74) is -1.18. The molecule has 0 bridgehead atoms. The largest absolute Gasteiger partial charge is 0.433 e. The first-order valence-corrected chi connectivity index (χ1v) is 9.11. The lowest BCUT2D eigenvalue weighted by Gasteiger charge is -2.22. The molecule has 0 saturated carbocycles. The molecular formula is C20H14F3N5O3. The molecule has 2 aliphatic heterocycles. The summed E-state index contributed by atoms with van der Waals surface area (Å²) in [7, 11) is 0. The normalized spacial score (nSPS) is 22.1. The van der Waals surface area contributed by atoms with E-state index in [1.165, 1.54) is 0 Å². The SMILES string of the molecule is N#C[C@@H]1C[C@@]2(CN1C(=O)C(=O)Nc1ccc(C(F)(F)F)nc1)C(=O)Nc1ccccc12. The number of alkyl halides is 3. The number of rotatable bonds is 1. The number of carbonyl (C=O) groups is 3. The molecule has 31 heavy (non-hydrogen) atoms. The molecule has 0 radical (unpaired) electrons. The van der Waals surface area contributed by atoms with Crippen molar-refractivity contribution in [1.29, 1.82) is 5.26 Å². The van der Waals surface area contributed by atoms with E-state index in [1.807, 2.05) is 6.07 Å². The minimum Gasteiger partial charge on any atom is -0.325 e. The van der Waals surface area contributed by atoms with Crippen LogP contribution in [0.3, 0.4) is 0 Å². The quantitative estimate of drug-likeness (QED) is 0.674. The van der Waals surface area contributed by atoms with E-state index in [1.54, 1.807) is 24.3 Å². The standard InChI is InChI=1S/C20H14F3N5O3/c21-20(22,23)15-6-5-11(9-25-15)26-16(29)17(30)28-10-19(7-12(28)8-24)13-3-1-2-4-14(13)27-18(19)31/h1-6,9,12H,7,10H2,(H,26,29)(H,27,31)/t12-,19-/m0/s1. The van der Waals surface area contributed by atoms with E-state index in [2.05, 4.69) is 15.6 Å². The van der Waals surface area contributed by atoms with E-state index in [9.17, 15) is 32.8 Å². The molecular weight excluding hydrogens is 415 g/mol. The molecule has 1 aromatic carbocycles. The number of hydrogen-bond donors (Lipinski definition) is 2. The van der Waals surface area contributed by atoms with Crippen LogP contribution in [0, 0.1) is 11.3 Å². The Kier molecular flexibility index (Phi) is 4.65. The number of benzene rings is 1. The van der Waals surface area contributed by atoms with Gasteiger partial charge in [0.25, 0.3) is 0 Å². The highest BCUT2D eigenvalue weighted by Crippen LogP contribution is 2.46. The molecule has 2 aliphatic rings. The molecule has 3 heterocycles. The Morgan fingerprint density at radius 2 is 2.00 bits per heavy atom. The zero-order valence-electron chi connectivity index (χ0n) is 15.7. The second kappa shape index (κ2) is 7.09. The van der Waals surface area contributed by atoms with E-state index in [0.29, 0.717) is 17.3 Å². The highest BCUT2D eigenvalue weighted by Gasteiger charge is 2.56. The van der Waals surface area contributed by atoms with Gasteiger partial charge in [-0.3, -0.25) is 14.4 Å². The minimum atomic E-state index is -4.64. The van der Waals surface area contributed by atoms with Crippen molar-refractivity contribution in [3.63, 3.8) is 0 Å². The van der Waals surface area contributed by atoms with Gasteiger partial charge in [0.2, 0.25) is 5.91 Å². The Hall–Kier alpha value is -3.94. The molecule has 1 saturated heterocycles. The first kappa shape index (κ1) is 20.3. The van der Waals surface area contributed by atoms with Crippen LogP contribution in [0.15, 0.2) is 42.6 Å². The molecule has 1 fully saturated rings. The van der Waals surface area contributed by atoms with E-state index >= 15 is 0 Å². The zero-order chi connectivity index (χ0) is 22.4. The fourth-order valence-corrected chi connectivity index (χ4v) is 3.92. The average Bonchev–Trinajstić information content (AvgIpc) is 3.26. The number of halogens is 3. The Labute approximate surface area is 173 Å². The monoisotopic (exact) mass is 429 g/mol. The van der Waals surface area contributed by atoms with E-state index < -0.39 is 35.1 Å². The molecule has 1 aromatic heterocycles. The van der Waals surface area contributed by atoms with Crippen LogP contribution in [0.1, 0.15) is 17.7 Å². The van der Waals surface area contributed by atoms with Crippen molar-refractivity contribution in [3.05, 3.63) is 53.9 Å². The zero-order valence-corrected chi connectivity index (χ0v) is 15.7. The van der Waals surface area contributed by atoms with Crippen LogP contribution >= 0.6 is 0 Å². The smallest absolute Gasteiger partial charge is 0.325 e. The van der Waals surface area contributed by atoms with E-state index in [-0.39, 0.29) is 24.6 Å². The van der Waals surface area contributed by atoms with Crippen molar-refractivity contribution in [2.45, 2.75) is 24.1 Å². The number of para-hydroxylation sites is 1. The molecule has 2 atom stereocenters. The van der Waals surface area contributed by atoms with E-state index in [4.69, 9.17) is 0 Å². The Bertz CT molecular complexity index is 1130. The van der Waals surface area contributed by atoms with Crippen molar-refractivity contribution in [1.82, 2.24) is 9.88 Å². The summed E-state index contributed by atoms with van der Waals surface area (Å²) in [4.78, 5) is 42.1. The van der Waals surface area contributed by atoms with Crippen LogP contribution in [-0.4, -0.2) is 40.2 Å². The second-order valence-electron chi connectivity index (χ2n) is 7.25. The van der Waals surface area contributed by atoms with Crippen LogP contribution in [0.2, 0.25) is 0 Å². The fraction of sp³-hybridized carbons (Fsp3) is 0.250. The number of nitrogens with zero attached hydrogens (tertiary/aromatic N) is 3. The van der Waals surface area contributed by atoms with Gasteiger partial charge < -0.3 is 15.5 Å². The van der Waals surface area contributed by atoms with Crippen molar-refractivity contribution in [3.8, 4) is 6.07 Å². The van der Waals surface area contributed by atoms with Crippen LogP contribution in [-0.2, 0) is 26.0 Å². The number of nitriles is 1. The summed E-state index contributed by atoms with van der Waals surface area (Å²) in [5, 5.41) is 14.4. The Morgan fingerprint density at radius 1 is 1.26 bits per heavy atom. The summed E-state index contributed by atoms with van der Waals surface area (Å²) in [5.74, 6) is -2.58. The predicted octanol–water partition coefficient (Wildman–Crippen LogP) is 2.05. The lowest BCUT2D eigenvalue weighted by Crippen LogP contribution is -2.44. The maximum Gasteiger partial charge on any atom is 0.433 e. The average molecular weight is 429 g/mol. The number of pyridine rings is 1. The second-order valence-corrected chi connectivity index (χ2v) is 7.25. The summed E-state index contributed by atoms with van der Waals surface area (Å²) in [6.45, 7) is -0.175. The predicted molar refractivity (Wildman–Crippen MR) is 100 cm³/mol. The first-order valence-electron chi connectivity index (χ1n) is 9.11. The summed E-state index contributed by atoms with van der Waals surface area (Å²) in [6, 6.07) is 9.46. The first-order chi connectivity index (χ1) is 14.7. The van der Waals surface area contributed by atoms with Gasteiger partial charge in [0.05, 0.1) is 23.4 Å². The molecule has 11 heteroatoms. The number of carbonyl (C=O) groups excluding carboxylic acids is 3. The van der Waals surface area contributed by atoms with Gasteiger partial charge in [-0.15, -0.1) is 0 Å². The molecule has 1 spiro atoms. The maximum absolute atomic E-state index is 12.7. The Morgan fingerprint density at radius 3 is 2.65 bits per heavy atom. The van der Waals surface area contributed by atoms with Crippen molar-refractivity contribution in [2.24, 2.45) is 0 Å². The number of fused-ring (bicyclic) bond motifs is 2. The number of anilines is 2. The third-order valence-electron chi connectivity index (χ3n) is 5.40. The van der Waals surface area contributed by atoms with Gasteiger partial charge in [-0.25, -0.2) is 4.98 Å². The van der Waals surface area contributed by atoms with Gasteiger partial charge in [-0.1, -0.05) is 18.2 Å². The van der Waals surface area contributed by atoms with Gasteiger partial charge in [-0.05, 0) is 23.8 Å². The highest BCUT2D eigenvalue weighted by molar-refractivity contribution is 6.39. The lowest BCUT2D eigenvalue weighted by molar-refractivity contribution is -0.143. The van der Waals surface area contributed by atoms with Crippen LogP contribution in [0.25, 0.3) is 0 Å². The minimum absolute atomic E-state index is 0.0210. The Balaban J connectivity index is 1.54. The number of hydrogen-bond acceptors (Lipinski definition) is 5. The molecule has 4 rings (SSSR count). The van der Waals surface area contributed by atoms with Gasteiger partial charge in [0.15, 0.2) is 0 Å². The third kappa shape index (κ3) is 3.35. The van der Waals surface area contributed by atoms with Crippen molar-refractivity contribution >= 4 is 29.1 Å². The molecule has 2 N–H and O–H groups in total. The molecule has 158 valence electrons. The van der Waals surface area contributed by atoms with Gasteiger partial charge in [0.1, 0.15) is 11.7 Å². The van der Waals surface area contributed by atoms with Crippen LogP contribution in [0.5, 0.6) is 0 Å². The maximum atomic E-state index is 12.7. The van der Waals surface area contributed by atoms with Crippen molar-refractivity contribution < 1.29 is 27.6 Å². The topological polar surface area (TPSA) is 115 Å². The molecule has 8 nitrogen and oxygen atoms in total. The van der Waals surface area contributed by atoms with Gasteiger partial charge >= 0.3 is 18.0 Å². The number of nitrogens with one attached hydrogen (secondary N) is 2. The molecule has 2 aromatic rings. The van der Waals surface area contributed by atoms with Crippen LogP contribution < -0.4 is 10.6 Å². The van der Waals surface area contributed by atoms with E-state index in [0.717, 1.165) is 17.2 Å². The summed E-state index contributed by atoms with van der Waals surface area (Å²) >= 11 is 0. The number of aromatic nitrogens is 1. The van der Waals surface area contributed by atoms with Crippen LogP contribution in [0.4, 0.5) is 24.5 Å². The fourth-order valence-electron chi connectivity index (χ4n) is 3.92. The van der Waals surface area contributed by atoms with Gasteiger partial charge in [-0.2, -0.15) is 18.4 Å². The highest BCUT2D eigenvalue weighted by atomic mass is 19.4. The van der Waals surface area contributed by atoms with Gasteiger partial charge in [0, 0.05) is 18.7 Å². The molecule has 3 amide bonds.